The Morgan fingerprint density at radius 3 is 2.37 bits per heavy atom. The molecule has 0 aliphatic carbocycles. The molecule has 154 valence electrons. The number of amides is 1. The van der Waals surface area contributed by atoms with Crippen molar-refractivity contribution >= 4 is 23.5 Å². The van der Waals surface area contributed by atoms with E-state index >= 15 is 0 Å². The maximum atomic E-state index is 13.0. The minimum Gasteiger partial charge on any atom is -0.488 e. The van der Waals surface area contributed by atoms with Gasteiger partial charge in [0, 0.05) is 5.02 Å². The summed E-state index contributed by atoms with van der Waals surface area (Å²) < 4.78 is 18.8. The molecular weight excluding hydrogens is 409 g/mol. The van der Waals surface area contributed by atoms with E-state index in [9.17, 15) is 14.0 Å². The first-order valence-electron chi connectivity index (χ1n) is 9.14. The minimum absolute atomic E-state index is 0.161. The summed E-state index contributed by atoms with van der Waals surface area (Å²) >= 11 is 6.06. The molecule has 0 aromatic heterocycles. The van der Waals surface area contributed by atoms with Gasteiger partial charge in [0.25, 0.3) is 5.91 Å². The fourth-order valence-corrected chi connectivity index (χ4v) is 2.99. The lowest BCUT2D eigenvalue weighted by Crippen LogP contribution is -2.27. The molecule has 2 N–H and O–H groups in total. The average Bonchev–Trinajstić information content (AvgIpc) is 2.74. The van der Waals surface area contributed by atoms with Crippen LogP contribution in [0.1, 0.15) is 44.8 Å². The predicted molar refractivity (Wildman–Crippen MR) is 111 cm³/mol. The lowest BCUT2D eigenvalue weighted by atomic mass is 10.1. The van der Waals surface area contributed by atoms with Crippen LogP contribution < -0.4 is 10.1 Å². The highest BCUT2D eigenvalue weighted by molar-refractivity contribution is 6.31. The van der Waals surface area contributed by atoms with Gasteiger partial charge in [0.15, 0.2) is 0 Å². The molecule has 30 heavy (non-hydrogen) atoms. The SMILES string of the molecule is C[C@H](NC(=O)c1cc(Cl)ccc1OCc1ccc(F)cc1)c1ccc(C(=O)O)cc1. The lowest BCUT2D eigenvalue weighted by Gasteiger charge is -2.17. The normalized spacial score (nSPS) is 11.6. The van der Waals surface area contributed by atoms with Gasteiger partial charge < -0.3 is 15.2 Å². The number of aromatic carboxylic acids is 1. The molecule has 7 heteroatoms. The van der Waals surface area contributed by atoms with Crippen molar-refractivity contribution < 1.29 is 23.8 Å². The number of carbonyl (C=O) groups is 2. The van der Waals surface area contributed by atoms with Gasteiger partial charge in [-0.05, 0) is 60.5 Å². The Hall–Kier alpha value is -3.38. The van der Waals surface area contributed by atoms with Gasteiger partial charge in [0.05, 0.1) is 17.2 Å². The van der Waals surface area contributed by atoms with E-state index in [1.807, 2.05) is 0 Å². The third kappa shape index (κ3) is 5.36. The number of nitrogens with one attached hydrogen (secondary N) is 1. The Labute approximate surface area is 178 Å². The van der Waals surface area contributed by atoms with Gasteiger partial charge in [-0.3, -0.25) is 4.79 Å². The molecule has 3 rings (SSSR count). The molecule has 3 aromatic carbocycles. The van der Waals surface area contributed by atoms with E-state index in [4.69, 9.17) is 21.4 Å². The monoisotopic (exact) mass is 427 g/mol. The zero-order valence-corrected chi connectivity index (χ0v) is 16.8. The van der Waals surface area contributed by atoms with E-state index in [0.29, 0.717) is 10.8 Å². The fraction of sp³-hybridized carbons (Fsp3) is 0.130. The molecular formula is C23H19ClFNO4. The molecule has 0 saturated heterocycles. The van der Waals surface area contributed by atoms with Crippen LogP contribution in [0.15, 0.2) is 66.7 Å². The number of hydrogen-bond acceptors (Lipinski definition) is 3. The zero-order valence-electron chi connectivity index (χ0n) is 16.1. The Morgan fingerprint density at radius 1 is 1.07 bits per heavy atom. The summed E-state index contributed by atoms with van der Waals surface area (Å²) in [7, 11) is 0. The Kier molecular flexibility index (Phi) is 6.69. The van der Waals surface area contributed by atoms with Crippen LogP contribution in [0.25, 0.3) is 0 Å². The molecule has 0 fully saturated rings. The minimum atomic E-state index is -1.01. The van der Waals surface area contributed by atoms with Crippen LogP contribution in [0.5, 0.6) is 5.75 Å². The van der Waals surface area contributed by atoms with Crippen molar-refractivity contribution in [1.29, 1.82) is 0 Å². The Bertz CT molecular complexity index is 1050. The smallest absolute Gasteiger partial charge is 0.335 e. The van der Waals surface area contributed by atoms with Crippen LogP contribution in [-0.4, -0.2) is 17.0 Å². The van der Waals surface area contributed by atoms with Crippen LogP contribution in [0.4, 0.5) is 4.39 Å². The zero-order chi connectivity index (χ0) is 21.7. The molecule has 0 radical (unpaired) electrons. The van der Waals surface area contributed by atoms with Crippen molar-refractivity contribution in [2.45, 2.75) is 19.6 Å². The van der Waals surface area contributed by atoms with E-state index in [1.54, 1.807) is 43.3 Å². The van der Waals surface area contributed by atoms with Gasteiger partial charge in [-0.2, -0.15) is 0 Å². The molecule has 0 bridgehead atoms. The first kappa shape index (κ1) is 21.3. The molecule has 1 atom stereocenters. The summed E-state index contributed by atoms with van der Waals surface area (Å²) in [6.07, 6.45) is 0. The maximum absolute atomic E-state index is 13.0. The second-order valence-electron chi connectivity index (χ2n) is 6.68. The first-order valence-corrected chi connectivity index (χ1v) is 9.52. The van der Waals surface area contributed by atoms with E-state index in [-0.39, 0.29) is 35.5 Å². The average molecular weight is 428 g/mol. The molecule has 0 unspecified atom stereocenters. The van der Waals surface area contributed by atoms with E-state index in [1.165, 1.54) is 30.3 Å². The topological polar surface area (TPSA) is 75.6 Å². The van der Waals surface area contributed by atoms with E-state index in [0.717, 1.165) is 11.1 Å². The number of hydrogen-bond donors (Lipinski definition) is 2. The van der Waals surface area contributed by atoms with Crippen LogP contribution in [0.2, 0.25) is 5.02 Å². The van der Waals surface area contributed by atoms with Gasteiger partial charge in [0.1, 0.15) is 18.2 Å². The molecule has 0 spiro atoms. The quantitative estimate of drug-likeness (QED) is 0.540. The third-order valence-corrected chi connectivity index (χ3v) is 4.73. The van der Waals surface area contributed by atoms with Gasteiger partial charge >= 0.3 is 5.97 Å². The van der Waals surface area contributed by atoms with E-state index < -0.39 is 5.97 Å². The van der Waals surface area contributed by atoms with Gasteiger partial charge in [-0.15, -0.1) is 0 Å². The van der Waals surface area contributed by atoms with Gasteiger partial charge in [-0.1, -0.05) is 35.9 Å². The van der Waals surface area contributed by atoms with Gasteiger partial charge in [-0.25, -0.2) is 9.18 Å². The number of carbonyl (C=O) groups excluding carboxylic acids is 1. The van der Waals surface area contributed by atoms with Gasteiger partial charge in [0.2, 0.25) is 0 Å². The highest BCUT2D eigenvalue weighted by Crippen LogP contribution is 2.25. The van der Waals surface area contributed by atoms with E-state index in [2.05, 4.69) is 5.32 Å². The first-order chi connectivity index (χ1) is 14.3. The summed E-state index contributed by atoms with van der Waals surface area (Å²) in [4.78, 5) is 23.8. The maximum Gasteiger partial charge on any atom is 0.335 e. The largest absolute Gasteiger partial charge is 0.488 e. The summed E-state index contributed by atoms with van der Waals surface area (Å²) in [5, 5.41) is 12.2. The van der Waals surface area contributed by atoms with Crippen molar-refractivity contribution in [2.24, 2.45) is 0 Å². The highest BCUT2D eigenvalue weighted by atomic mass is 35.5. The molecule has 1 amide bonds. The third-order valence-electron chi connectivity index (χ3n) is 4.50. The van der Waals surface area contributed by atoms with Crippen molar-refractivity contribution in [3.63, 3.8) is 0 Å². The number of halogens is 2. The van der Waals surface area contributed by atoms with Crippen LogP contribution in [0, 0.1) is 5.82 Å². The lowest BCUT2D eigenvalue weighted by molar-refractivity contribution is 0.0696. The Morgan fingerprint density at radius 2 is 1.73 bits per heavy atom. The summed E-state index contributed by atoms with van der Waals surface area (Å²) in [6.45, 7) is 1.95. The number of carboxylic acid groups (broad SMARTS) is 1. The Balaban J connectivity index is 1.73. The number of ether oxygens (including phenoxy) is 1. The molecule has 0 heterocycles. The molecule has 5 nitrogen and oxygen atoms in total. The molecule has 3 aromatic rings. The fourth-order valence-electron chi connectivity index (χ4n) is 2.82. The summed E-state index contributed by atoms with van der Waals surface area (Å²) in [6, 6.07) is 16.5. The molecule has 0 aliphatic rings. The number of rotatable bonds is 7. The molecule has 0 saturated carbocycles. The number of carboxylic acids is 1. The van der Waals surface area contributed by atoms with Crippen LogP contribution >= 0.6 is 11.6 Å². The predicted octanol–water partition coefficient (Wildman–Crippen LogP) is 5.25. The van der Waals surface area contributed by atoms with Crippen molar-refractivity contribution in [3.8, 4) is 5.75 Å². The second kappa shape index (κ2) is 9.41. The van der Waals surface area contributed by atoms with Crippen LogP contribution in [-0.2, 0) is 6.61 Å². The van der Waals surface area contributed by atoms with Crippen molar-refractivity contribution in [2.75, 3.05) is 0 Å². The highest BCUT2D eigenvalue weighted by Gasteiger charge is 2.17. The van der Waals surface area contributed by atoms with Crippen LogP contribution in [0.3, 0.4) is 0 Å². The standard InChI is InChI=1S/C23H19ClFNO4/c1-14(16-4-6-17(7-5-16)23(28)29)26-22(27)20-12-18(24)8-11-21(20)30-13-15-2-9-19(25)10-3-15/h2-12,14H,13H2,1H3,(H,26,27)(H,28,29)/t14-/m0/s1. The van der Waals surface area contributed by atoms with Crippen molar-refractivity contribution in [3.05, 3.63) is 99.8 Å². The van der Waals surface area contributed by atoms with Crippen molar-refractivity contribution in [1.82, 2.24) is 5.32 Å². The second-order valence-corrected chi connectivity index (χ2v) is 7.11. The number of benzene rings is 3. The summed E-state index contributed by atoms with van der Waals surface area (Å²) in [5.41, 5.74) is 1.94. The molecule has 0 aliphatic heterocycles. The summed E-state index contributed by atoms with van der Waals surface area (Å²) in [5.74, 6) is -1.40.